The van der Waals surface area contributed by atoms with Crippen molar-refractivity contribution in [1.29, 1.82) is 0 Å². The molecule has 6 nitrogen and oxygen atoms in total. The first-order chi connectivity index (χ1) is 15.2. The molecule has 0 saturated heterocycles. The Morgan fingerprint density at radius 3 is 2.47 bits per heavy atom. The first-order valence-corrected chi connectivity index (χ1v) is 11.1. The smallest absolute Gasteiger partial charge is 0.428 e. The average Bonchev–Trinajstić information content (AvgIpc) is 3.14. The number of hydrogen-bond acceptors (Lipinski definition) is 6. The van der Waals surface area contributed by atoms with Crippen molar-refractivity contribution in [3.63, 3.8) is 0 Å². The van der Waals surface area contributed by atoms with Crippen LogP contribution in [0.2, 0.25) is 5.02 Å². The van der Waals surface area contributed by atoms with E-state index in [2.05, 4.69) is 14.7 Å². The summed E-state index contributed by atoms with van der Waals surface area (Å²) in [6.07, 6.45) is -1.02. The van der Waals surface area contributed by atoms with Gasteiger partial charge in [0.25, 0.3) is 11.9 Å². The summed E-state index contributed by atoms with van der Waals surface area (Å²) in [5, 5.41) is 0.620. The lowest BCUT2D eigenvalue weighted by Crippen LogP contribution is -2.26. The molecule has 0 saturated carbocycles. The highest BCUT2D eigenvalue weighted by molar-refractivity contribution is 7.97. The van der Waals surface area contributed by atoms with E-state index in [9.17, 15) is 18.0 Å². The molecule has 1 aromatic carbocycles. The minimum atomic E-state index is -4.51. The number of aromatic nitrogens is 2. The Labute approximate surface area is 192 Å². The maximum absolute atomic E-state index is 12.8. The number of amides is 1. The van der Waals surface area contributed by atoms with Crippen molar-refractivity contribution in [3.8, 4) is 0 Å². The number of carbonyl (C=O) groups is 1. The summed E-state index contributed by atoms with van der Waals surface area (Å²) >= 11 is 7.08. The van der Waals surface area contributed by atoms with Gasteiger partial charge < -0.3 is 9.32 Å². The van der Waals surface area contributed by atoms with Crippen molar-refractivity contribution in [2.45, 2.75) is 26.1 Å². The van der Waals surface area contributed by atoms with Crippen LogP contribution in [0.5, 0.6) is 0 Å². The summed E-state index contributed by atoms with van der Waals surface area (Å²) in [6, 6.07) is 9.83. The second kappa shape index (κ2) is 10.3. The Balaban J connectivity index is 1.84. The summed E-state index contributed by atoms with van der Waals surface area (Å²) in [6.45, 7) is 2.26. The number of hydrogen-bond donors (Lipinski definition) is 1. The Hall–Kier alpha value is -2.72. The lowest BCUT2D eigenvalue weighted by atomic mass is 10.1. The maximum Gasteiger partial charge on any atom is 0.433 e. The van der Waals surface area contributed by atoms with Crippen molar-refractivity contribution in [1.82, 2.24) is 14.7 Å². The molecule has 170 valence electrons. The van der Waals surface area contributed by atoms with E-state index in [-0.39, 0.29) is 24.2 Å². The molecule has 0 fully saturated rings. The molecule has 11 heteroatoms. The molecule has 0 aliphatic carbocycles. The first kappa shape index (κ1) is 23.9. The van der Waals surface area contributed by atoms with Gasteiger partial charge in [-0.1, -0.05) is 41.7 Å². The van der Waals surface area contributed by atoms with Crippen molar-refractivity contribution >= 4 is 35.5 Å². The summed E-state index contributed by atoms with van der Waals surface area (Å²) in [7, 11) is 0. The molecule has 3 rings (SSSR count). The Kier molecular flexibility index (Phi) is 7.68. The summed E-state index contributed by atoms with van der Waals surface area (Å²) in [5.74, 6) is -0.0487. The number of pyridine rings is 1. The highest BCUT2D eigenvalue weighted by Gasteiger charge is 2.32. The fraction of sp³-hybridized carbons (Fsp3) is 0.286. The molecule has 2 aromatic heterocycles. The highest BCUT2D eigenvalue weighted by atomic mass is 35.5. The van der Waals surface area contributed by atoms with E-state index in [1.807, 2.05) is 12.1 Å². The van der Waals surface area contributed by atoms with Crippen LogP contribution >= 0.6 is 23.5 Å². The molecular formula is C21H20ClF3N4O2S. The number of nitrogens with zero attached hydrogens (tertiary/aromatic N) is 3. The number of alkyl halides is 3. The van der Waals surface area contributed by atoms with Crippen LogP contribution in [0.25, 0.3) is 0 Å². The van der Waals surface area contributed by atoms with Gasteiger partial charge in [0.2, 0.25) is 0 Å². The molecule has 2 heterocycles. The number of benzene rings is 1. The molecule has 0 spiro atoms. The zero-order valence-corrected chi connectivity index (χ0v) is 18.8. The van der Waals surface area contributed by atoms with Gasteiger partial charge in [0.15, 0.2) is 5.69 Å². The van der Waals surface area contributed by atoms with Crippen LogP contribution in [0.4, 0.5) is 19.2 Å². The van der Waals surface area contributed by atoms with E-state index >= 15 is 0 Å². The minimum Gasteiger partial charge on any atom is -0.428 e. The van der Waals surface area contributed by atoms with Crippen LogP contribution in [0.15, 0.2) is 47.0 Å². The van der Waals surface area contributed by atoms with Crippen molar-refractivity contribution in [2.24, 2.45) is 0 Å². The average molecular weight is 485 g/mol. The van der Waals surface area contributed by atoms with E-state index in [0.717, 1.165) is 23.6 Å². The highest BCUT2D eigenvalue weighted by Crippen LogP contribution is 2.28. The Morgan fingerprint density at radius 2 is 1.88 bits per heavy atom. The third-order valence-corrected chi connectivity index (χ3v) is 5.18. The van der Waals surface area contributed by atoms with Crippen molar-refractivity contribution in [3.05, 3.63) is 75.9 Å². The second-order valence-electron chi connectivity index (χ2n) is 6.88. The van der Waals surface area contributed by atoms with E-state index in [1.165, 1.54) is 12.3 Å². The fourth-order valence-corrected chi connectivity index (χ4v) is 3.34. The maximum atomic E-state index is 12.8. The molecule has 0 unspecified atom stereocenters. The van der Waals surface area contributed by atoms with Crippen LogP contribution in [-0.2, 0) is 19.1 Å². The standard InChI is InChI=1S/C21H20ClF3N4O2S/c1-13-18(19(30)28-32-2)27-20(31-13)29(10-9-14-3-6-16(22)7-4-14)12-15-5-8-17(26-11-15)21(23,24)25/h3-8,11H,9-10,12H2,1-2H3,(H,28,30). The topological polar surface area (TPSA) is 71.3 Å². The molecule has 0 bridgehead atoms. The first-order valence-electron chi connectivity index (χ1n) is 9.49. The summed E-state index contributed by atoms with van der Waals surface area (Å²) in [4.78, 5) is 21.8. The van der Waals surface area contributed by atoms with Gasteiger partial charge in [0, 0.05) is 30.6 Å². The number of rotatable bonds is 8. The molecular weight excluding hydrogens is 465 g/mol. The van der Waals surface area contributed by atoms with Crippen molar-refractivity contribution in [2.75, 3.05) is 17.7 Å². The van der Waals surface area contributed by atoms with Crippen LogP contribution in [0.1, 0.15) is 33.1 Å². The van der Waals surface area contributed by atoms with Crippen molar-refractivity contribution < 1.29 is 22.4 Å². The third-order valence-electron chi connectivity index (χ3n) is 4.54. The normalized spacial score (nSPS) is 11.4. The zero-order valence-electron chi connectivity index (χ0n) is 17.2. The number of oxazole rings is 1. The van der Waals surface area contributed by atoms with E-state index in [4.69, 9.17) is 16.0 Å². The predicted molar refractivity (Wildman–Crippen MR) is 118 cm³/mol. The van der Waals surface area contributed by atoms with Crippen LogP contribution < -0.4 is 9.62 Å². The number of halogens is 4. The second-order valence-corrected chi connectivity index (χ2v) is 7.93. The summed E-state index contributed by atoms with van der Waals surface area (Å²) < 4.78 is 46.8. The monoisotopic (exact) mass is 484 g/mol. The van der Waals surface area contributed by atoms with Gasteiger partial charge in [-0.05, 0) is 42.7 Å². The van der Waals surface area contributed by atoms with Gasteiger partial charge in [0.05, 0.1) is 0 Å². The molecule has 32 heavy (non-hydrogen) atoms. The molecule has 1 N–H and O–H groups in total. The molecule has 0 atom stereocenters. The van der Waals surface area contributed by atoms with E-state index in [0.29, 0.717) is 29.3 Å². The van der Waals surface area contributed by atoms with Crippen LogP contribution in [-0.4, -0.2) is 28.7 Å². The van der Waals surface area contributed by atoms with Gasteiger partial charge in [-0.15, -0.1) is 0 Å². The van der Waals surface area contributed by atoms with E-state index < -0.39 is 11.9 Å². The van der Waals surface area contributed by atoms with Gasteiger partial charge in [-0.3, -0.25) is 14.5 Å². The Bertz CT molecular complexity index is 1060. The van der Waals surface area contributed by atoms with E-state index in [1.54, 1.807) is 30.2 Å². The number of nitrogens with one attached hydrogen (secondary N) is 1. The number of anilines is 1. The Morgan fingerprint density at radius 1 is 1.19 bits per heavy atom. The van der Waals surface area contributed by atoms with Crippen LogP contribution in [0, 0.1) is 6.92 Å². The van der Waals surface area contributed by atoms with Gasteiger partial charge in [-0.25, -0.2) is 0 Å². The van der Waals surface area contributed by atoms with Gasteiger partial charge in [-0.2, -0.15) is 18.2 Å². The quantitative estimate of drug-likeness (QED) is 0.437. The third kappa shape index (κ3) is 6.17. The molecule has 0 radical (unpaired) electrons. The summed E-state index contributed by atoms with van der Waals surface area (Å²) in [5.41, 5.74) is 0.738. The molecule has 3 aromatic rings. The lowest BCUT2D eigenvalue weighted by molar-refractivity contribution is -0.141. The molecule has 0 aliphatic heterocycles. The largest absolute Gasteiger partial charge is 0.433 e. The number of carbonyl (C=O) groups excluding carboxylic acids is 1. The minimum absolute atomic E-state index is 0.149. The van der Waals surface area contributed by atoms with Gasteiger partial charge in [0.1, 0.15) is 11.5 Å². The predicted octanol–water partition coefficient (Wildman–Crippen LogP) is 5.31. The SMILES string of the molecule is CSNC(=O)c1nc(N(CCc2ccc(Cl)cc2)Cc2ccc(C(F)(F)F)nc2)oc1C. The lowest BCUT2D eigenvalue weighted by Gasteiger charge is -2.21. The number of aryl methyl sites for hydroxylation is 1. The zero-order chi connectivity index (χ0) is 23.3. The molecule has 1 amide bonds. The van der Waals surface area contributed by atoms with Crippen LogP contribution in [0.3, 0.4) is 0 Å². The fourth-order valence-electron chi connectivity index (χ4n) is 2.93. The van der Waals surface area contributed by atoms with Gasteiger partial charge >= 0.3 is 6.18 Å². The molecule has 0 aliphatic rings.